The summed E-state index contributed by atoms with van der Waals surface area (Å²) >= 11 is 1.15. The number of hydrogen-bond acceptors (Lipinski definition) is 5. The van der Waals surface area contributed by atoms with Gasteiger partial charge in [-0.2, -0.15) is 0 Å². The molecule has 1 amide bonds. The number of pyridine rings is 1. The first-order valence-electron chi connectivity index (χ1n) is 7.58. The maximum atomic E-state index is 13.8. The van der Waals surface area contributed by atoms with Crippen molar-refractivity contribution >= 4 is 29.0 Å². The van der Waals surface area contributed by atoms with Crippen molar-refractivity contribution in [1.29, 1.82) is 0 Å². The summed E-state index contributed by atoms with van der Waals surface area (Å²) in [6.45, 7) is 0. The van der Waals surface area contributed by atoms with Crippen LogP contribution in [0.4, 0.5) is 20.2 Å². The summed E-state index contributed by atoms with van der Waals surface area (Å²) in [6, 6.07) is 12.1. The highest BCUT2D eigenvalue weighted by molar-refractivity contribution is 7.99. The molecule has 0 fully saturated rings. The van der Waals surface area contributed by atoms with Crippen LogP contribution >= 0.6 is 11.8 Å². The van der Waals surface area contributed by atoms with E-state index >= 15 is 0 Å². The molecule has 3 rings (SSSR count). The molecule has 0 radical (unpaired) electrons. The lowest BCUT2D eigenvalue weighted by atomic mass is 10.1. The van der Waals surface area contributed by atoms with E-state index in [0.29, 0.717) is 9.92 Å². The van der Waals surface area contributed by atoms with E-state index in [9.17, 15) is 23.7 Å². The van der Waals surface area contributed by atoms with Gasteiger partial charge in [0.2, 0.25) is 0 Å². The number of rotatable bonds is 5. The highest BCUT2D eigenvalue weighted by Gasteiger charge is 2.19. The zero-order chi connectivity index (χ0) is 19.4. The number of halogens is 2. The van der Waals surface area contributed by atoms with Crippen LogP contribution in [-0.2, 0) is 0 Å². The summed E-state index contributed by atoms with van der Waals surface area (Å²) in [6.07, 6.45) is 1.57. The van der Waals surface area contributed by atoms with Crippen molar-refractivity contribution < 1.29 is 18.5 Å². The van der Waals surface area contributed by atoms with Crippen molar-refractivity contribution in [1.82, 2.24) is 4.98 Å². The Kier molecular flexibility index (Phi) is 5.41. The number of carbonyl (C=O) groups excluding carboxylic acids is 1. The molecule has 0 spiro atoms. The van der Waals surface area contributed by atoms with E-state index in [4.69, 9.17) is 0 Å². The van der Waals surface area contributed by atoms with Crippen LogP contribution in [0, 0.1) is 21.7 Å². The third kappa shape index (κ3) is 4.45. The largest absolute Gasteiger partial charge is 0.322 e. The molecule has 0 atom stereocenters. The summed E-state index contributed by atoms with van der Waals surface area (Å²) in [4.78, 5) is 27.3. The molecule has 0 bridgehead atoms. The van der Waals surface area contributed by atoms with Gasteiger partial charge in [0, 0.05) is 28.9 Å². The molecule has 3 aromatic rings. The fraction of sp³-hybridized carbons (Fsp3) is 0. The average Bonchev–Trinajstić information content (AvgIpc) is 2.62. The molecule has 0 aliphatic rings. The lowest BCUT2D eigenvalue weighted by molar-refractivity contribution is -0.385. The van der Waals surface area contributed by atoms with Gasteiger partial charge < -0.3 is 5.32 Å². The first-order chi connectivity index (χ1) is 12.9. The molecule has 0 aliphatic carbocycles. The van der Waals surface area contributed by atoms with Crippen molar-refractivity contribution in [2.45, 2.75) is 9.92 Å². The second kappa shape index (κ2) is 7.92. The Hall–Kier alpha value is -3.33. The van der Waals surface area contributed by atoms with Crippen LogP contribution in [0.25, 0.3) is 0 Å². The molecular weight excluding hydrogens is 376 g/mol. The smallest absolute Gasteiger partial charge is 0.272 e. The van der Waals surface area contributed by atoms with Crippen LogP contribution in [0.3, 0.4) is 0 Å². The minimum atomic E-state index is -1.04. The lowest BCUT2D eigenvalue weighted by Gasteiger charge is -2.09. The van der Waals surface area contributed by atoms with E-state index in [-0.39, 0.29) is 11.4 Å². The predicted molar refractivity (Wildman–Crippen MR) is 95.8 cm³/mol. The number of anilines is 1. The van der Waals surface area contributed by atoms with Crippen molar-refractivity contribution in [2.24, 2.45) is 0 Å². The second-order valence-corrected chi connectivity index (χ2v) is 6.39. The Morgan fingerprint density at radius 3 is 2.44 bits per heavy atom. The van der Waals surface area contributed by atoms with Crippen molar-refractivity contribution in [2.75, 3.05) is 5.32 Å². The quantitative estimate of drug-likeness (QED) is 0.508. The topological polar surface area (TPSA) is 85.1 Å². The summed E-state index contributed by atoms with van der Waals surface area (Å²) in [5, 5.41) is 14.1. The Balaban J connectivity index is 1.92. The van der Waals surface area contributed by atoms with E-state index in [1.54, 1.807) is 24.4 Å². The standard InChI is InChI=1S/C18H11F2N3O3S/c19-14-4-3-5-15(20)17(14)18(24)22-11-8-12(23(25)26)10-13(9-11)27-16-6-1-2-7-21-16/h1-10H,(H,22,24). The van der Waals surface area contributed by atoms with Gasteiger partial charge in [0.1, 0.15) is 22.2 Å². The van der Waals surface area contributed by atoms with E-state index in [1.165, 1.54) is 12.1 Å². The first kappa shape index (κ1) is 18.5. The third-order valence-corrected chi connectivity index (χ3v) is 4.33. The molecule has 1 aromatic heterocycles. The predicted octanol–water partition coefficient (Wildman–Crippen LogP) is 4.67. The molecule has 9 heteroatoms. The number of non-ortho nitro benzene ring substituents is 1. The van der Waals surface area contributed by atoms with Crippen LogP contribution < -0.4 is 5.32 Å². The van der Waals surface area contributed by atoms with E-state index in [0.717, 1.165) is 36.0 Å². The Labute approximate surface area is 156 Å². The van der Waals surface area contributed by atoms with Crippen LogP contribution in [0.5, 0.6) is 0 Å². The van der Waals surface area contributed by atoms with Crippen molar-refractivity contribution in [3.8, 4) is 0 Å². The molecule has 1 heterocycles. The molecule has 2 aromatic carbocycles. The van der Waals surface area contributed by atoms with Gasteiger partial charge in [0.25, 0.3) is 11.6 Å². The number of aromatic nitrogens is 1. The van der Waals surface area contributed by atoms with Gasteiger partial charge in [-0.1, -0.05) is 23.9 Å². The number of nitrogens with zero attached hydrogens (tertiary/aromatic N) is 2. The van der Waals surface area contributed by atoms with E-state index in [1.807, 2.05) is 0 Å². The number of nitrogens with one attached hydrogen (secondary N) is 1. The van der Waals surface area contributed by atoms with Gasteiger partial charge in [0.05, 0.1) is 4.92 Å². The molecule has 136 valence electrons. The molecule has 0 unspecified atom stereocenters. The van der Waals surface area contributed by atoms with Gasteiger partial charge in [-0.05, 0) is 30.3 Å². The zero-order valence-corrected chi connectivity index (χ0v) is 14.4. The fourth-order valence-electron chi connectivity index (χ4n) is 2.26. The van der Waals surface area contributed by atoms with Crippen molar-refractivity contribution in [3.05, 3.63) is 88.1 Å². The molecule has 27 heavy (non-hydrogen) atoms. The third-order valence-electron chi connectivity index (χ3n) is 3.41. The highest BCUT2D eigenvalue weighted by Crippen LogP contribution is 2.32. The van der Waals surface area contributed by atoms with Gasteiger partial charge in [-0.25, -0.2) is 13.8 Å². The number of nitro groups is 1. The molecule has 0 aliphatic heterocycles. The minimum absolute atomic E-state index is 0.0373. The van der Waals surface area contributed by atoms with Crippen LogP contribution in [0.15, 0.2) is 70.7 Å². The van der Waals surface area contributed by atoms with Gasteiger partial charge in [-0.3, -0.25) is 14.9 Å². The van der Waals surface area contributed by atoms with Crippen LogP contribution in [-0.4, -0.2) is 15.8 Å². The number of carbonyl (C=O) groups is 1. The molecule has 0 saturated heterocycles. The Morgan fingerprint density at radius 2 is 1.81 bits per heavy atom. The number of nitro benzene ring substituents is 1. The second-order valence-electron chi connectivity index (χ2n) is 5.29. The van der Waals surface area contributed by atoms with Gasteiger partial charge in [-0.15, -0.1) is 0 Å². The SMILES string of the molecule is O=C(Nc1cc(Sc2ccccn2)cc([N+](=O)[O-])c1)c1c(F)cccc1F. The summed E-state index contributed by atoms with van der Waals surface area (Å²) in [7, 11) is 0. The molecule has 0 saturated carbocycles. The normalized spacial score (nSPS) is 10.4. The lowest BCUT2D eigenvalue weighted by Crippen LogP contribution is -2.16. The summed E-state index contributed by atoms with van der Waals surface area (Å²) < 4.78 is 27.5. The monoisotopic (exact) mass is 387 g/mol. The van der Waals surface area contributed by atoms with Crippen LogP contribution in [0.1, 0.15) is 10.4 Å². The average molecular weight is 387 g/mol. The van der Waals surface area contributed by atoms with Gasteiger partial charge >= 0.3 is 0 Å². The molecular formula is C18H11F2N3O3S. The maximum Gasteiger partial charge on any atom is 0.272 e. The van der Waals surface area contributed by atoms with E-state index in [2.05, 4.69) is 10.3 Å². The Morgan fingerprint density at radius 1 is 1.07 bits per heavy atom. The summed E-state index contributed by atoms with van der Waals surface area (Å²) in [5.74, 6) is -3.10. The Bertz CT molecular complexity index is 996. The fourth-order valence-corrected chi connectivity index (χ4v) is 3.12. The van der Waals surface area contributed by atoms with Crippen LogP contribution in [0.2, 0.25) is 0 Å². The number of hydrogen-bond donors (Lipinski definition) is 1. The zero-order valence-electron chi connectivity index (χ0n) is 13.6. The van der Waals surface area contributed by atoms with Gasteiger partial charge in [0.15, 0.2) is 0 Å². The number of amides is 1. The molecule has 6 nitrogen and oxygen atoms in total. The van der Waals surface area contributed by atoms with Crippen molar-refractivity contribution in [3.63, 3.8) is 0 Å². The highest BCUT2D eigenvalue weighted by atomic mass is 32.2. The van der Waals surface area contributed by atoms with E-state index < -0.39 is 28.0 Å². The number of benzene rings is 2. The summed E-state index contributed by atoms with van der Waals surface area (Å²) in [5.41, 5.74) is -1.00. The maximum absolute atomic E-state index is 13.8. The minimum Gasteiger partial charge on any atom is -0.322 e. The molecule has 1 N–H and O–H groups in total. The first-order valence-corrected chi connectivity index (χ1v) is 8.39.